The lowest BCUT2D eigenvalue weighted by Gasteiger charge is -2.21. The van der Waals surface area contributed by atoms with Crippen molar-refractivity contribution in [2.75, 3.05) is 13.1 Å². The first-order chi connectivity index (χ1) is 14.6. The van der Waals surface area contributed by atoms with Gasteiger partial charge in [0, 0.05) is 34.7 Å². The van der Waals surface area contributed by atoms with Crippen molar-refractivity contribution in [1.29, 1.82) is 5.26 Å². The van der Waals surface area contributed by atoms with Crippen LogP contribution in [0.25, 0.3) is 17.0 Å². The second kappa shape index (κ2) is 14.3. The number of hydrogen-bond donors (Lipinski definition) is 1. The van der Waals surface area contributed by atoms with Crippen molar-refractivity contribution >= 4 is 34.5 Å². The number of benzene rings is 1. The Hall–Kier alpha value is -2.77. The van der Waals surface area contributed by atoms with Crippen molar-refractivity contribution in [3.8, 4) is 6.07 Å². The maximum absolute atomic E-state index is 12.9. The molecule has 1 aromatic carbocycles. The van der Waals surface area contributed by atoms with Crippen LogP contribution in [-0.2, 0) is 11.2 Å². The van der Waals surface area contributed by atoms with Crippen LogP contribution in [0.3, 0.4) is 0 Å². The van der Waals surface area contributed by atoms with E-state index in [4.69, 9.17) is 16.9 Å². The minimum absolute atomic E-state index is 0.0251. The van der Waals surface area contributed by atoms with E-state index in [1.54, 1.807) is 4.90 Å². The zero-order valence-corrected chi connectivity index (χ0v) is 19.2. The van der Waals surface area contributed by atoms with Crippen molar-refractivity contribution < 1.29 is 4.79 Å². The first-order valence-electron chi connectivity index (χ1n) is 10.5. The summed E-state index contributed by atoms with van der Waals surface area (Å²) in [5, 5.41) is 10.5. The van der Waals surface area contributed by atoms with Crippen LogP contribution in [0.2, 0.25) is 0 Å². The monoisotopic (exact) mass is 425 g/mol. The number of nitriles is 1. The van der Waals surface area contributed by atoms with Crippen LogP contribution < -0.4 is 0 Å². The molecule has 0 saturated heterocycles. The van der Waals surface area contributed by atoms with Gasteiger partial charge in [-0.2, -0.15) is 5.26 Å². The zero-order valence-electron chi connectivity index (χ0n) is 18.4. The predicted molar refractivity (Wildman–Crippen MR) is 128 cm³/mol. The third-order valence-corrected chi connectivity index (χ3v) is 4.59. The van der Waals surface area contributed by atoms with E-state index in [-0.39, 0.29) is 12.3 Å². The van der Waals surface area contributed by atoms with Gasteiger partial charge in [-0.3, -0.25) is 4.79 Å². The second-order valence-corrected chi connectivity index (χ2v) is 6.88. The molecule has 4 nitrogen and oxygen atoms in total. The largest absolute Gasteiger partial charge is 0.355 e. The molecule has 0 radical (unpaired) electrons. The molecule has 30 heavy (non-hydrogen) atoms. The predicted octanol–water partition coefficient (Wildman–Crippen LogP) is 6.60. The molecule has 0 fully saturated rings. The topological polar surface area (TPSA) is 59.9 Å². The van der Waals surface area contributed by atoms with Gasteiger partial charge in [0.1, 0.15) is 0 Å². The molecule has 0 aliphatic rings. The van der Waals surface area contributed by atoms with E-state index in [1.807, 2.05) is 82.3 Å². The third kappa shape index (κ3) is 7.57. The Kier molecular flexibility index (Phi) is 12.0. The maximum atomic E-state index is 12.9. The van der Waals surface area contributed by atoms with E-state index in [1.165, 1.54) is 0 Å². The van der Waals surface area contributed by atoms with Gasteiger partial charge in [-0.1, -0.05) is 68.8 Å². The Bertz CT molecular complexity index is 932. The summed E-state index contributed by atoms with van der Waals surface area (Å²) in [6.45, 7) is 9.09. The van der Waals surface area contributed by atoms with Crippen molar-refractivity contribution in [1.82, 2.24) is 9.88 Å². The summed E-state index contributed by atoms with van der Waals surface area (Å²) < 4.78 is 0. The van der Waals surface area contributed by atoms with E-state index in [0.29, 0.717) is 24.5 Å². The van der Waals surface area contributed by atoms with Crippen LogP contribution in [0.4, 0.5) is 0 Å². The van der Waals surface area contributed by atoms with Crippen molar-refractivity contribution in [3.63, 3.8) is 0 Å². The first-order valence-corrected chi connectivity index (χ1v) is 10.9. The van der Waals surface area contributed by atoms with Crippen LogP contribution in [0.1, 0.15) is 51.8 Å². The van der Waals surface area contributed by atoms with E-state index < -0.39 is 0 Å². The lowest BCUT2D eigenvalue weighted by atomic mass is 10.1. The molecule has 2 aromatic rings. The molecule has 2 rings (SSSR count). The molecule has 0 atom stereocenters. The number of H-pyrrole nitrogens is 1. The van der Waals surface area contributed by atoms with Crippen LogP contribution in [0.15, 0.2) is 53.6 Å². The van der Waals surface area contributed by atoms with E-state index in [9.17, 15) is 4.79 Å². The molecule has 0 saturated carbocycles. The third-order valence-electron chi connectivity index (χ3n) is 4.36. The summed E-state index contributed by atoms with van der Waals surface area (Å²) in [6.07, 6.45) is 10.8. The highest BCUT2D eigenvalue weighted by molar-refractivity contribution is 6.33. The van der Waals surface area contributed by atoms with E-state index >= 15 is 0 Å². The van der Waals surface area contributed by atoms with Crippen LogP contribution in [0.5, 0.6) is 0 Å². The highest BCUT2D eigenvalue weighted by Gasteiger charge is 2.18. The Morgan fingerprint density at radius 2 is 1.97 bits per heavy atom. The Labute approximate surface area is 185 Å². The maximum Gasteiger partial charge on any atom is 0.227 e. The van der Waals surface area contributed by atoms with Gasteiger partial charge in [0.2, 0.25) is 5.91 Å². The number of carbonyl (C=O) groups is 1. The van der Waals surface area contributed by atoms with Crippen LogP contribution >= 0.6 is 11.6 Å². The number of nitrogens with one attached hydrogen (secondary N) is 1. The van der Waals surface area contributed by atoms with E-state index in [0.717, 1.165) is 28.6 Å². The molecule has 0 aliphatic carbocycles. The molecule has 0 aliphatic heterocycles. The smallest absolute Gasteiger partial charge is 0.227 e. The molecular weight excluding hydrogens is 394 g/mol. The molecule has 0 unspecified atom stereocenters. The summed E-state index contributed by atoms with van der Waals surface area (Å²) in [5.41, 5.74) is 2.73. The second-order valence-electron chi connectivity index (χ2n) is 6.44. The summed E-state index contributed by atoms with van der Waals surface area (Å²) in [6, 6.07) is 10.0. The standard InChI is InChI=1S/C23H26ClN3O.C2H6/c1-3-5-6-10-18(24)16-22-20(19-11-7-8-12-21(19)26-22)17-23(28)27(14-4-2)15-9-13-25;1-2/h3,5-8,10-12,16,26H,4,9,14-15,17H2,1-2H3;1-2H3/b5-3-,10-6-,18-16-;. The number of hydrogen-bond acceptors (Lipinski definition) is 2. The zero-order chi connectivity index (χ0) is 22.4. The number of fused-ring (bicyclic) bond motifs is 1. The highest BCUT2D eigenvalue weighted by atomic mass is 35.5. The van der Waals surface area contributed by atoms with Crippen LogP contribution in [0, 0.1) is 11.3 Å². The van der Waals surface area contributed by atoms with Gasteiger partial charge in [-0.05, 0) is 37.1 Å². The number of carbonyl (C=O) groups excluding carboxylic acids is 1. The van der Waals surface area contributed by atoms with Gasteiger partial charge in [0.25, 0.3) is 0 Å². The van der Waals surface area contributed by atoms with Gasteiger partial charge in [-0.25, -0.2) is 0 Å². The fraction of sp³-hybridized carbons (Fsp3) is 0.360. The lowest BCUT2D eigenvalue weighted by molar-refractivity contribution is -0.130. The normalized spacial score (nSPS) is 11.5. The Morgan fingerprint density at radius 3 is 2.63 bits per heavy atom. The molecule has 5 heteroatoms. The number of para-hydroxylation sites is 1. The van der Waals surface area contributed by atoms with Gasteiger partial charge in [-0.15, -0.1) is 0 Å². The Morgan fingerprint density at radius 1 is 1.23 bits per heavy atom. The average Bonchev–Trinajstić information content (AvgIpc) is 3.09. The number of nitrogens with zero attached hydrogens (tertiary/aromatic N) is 2. The average molecular weight is 426 g/mol. The molecule has 160 valence electrons. The van der Waals surface area contributed by atoms with Crippen molar-refractivity contribution in [2.24, 2.45) is 0 Å². The quantitative estimate of drug-likeness (QED) is 0.460. The minimum Gasteiger partial charge on any atom is -0.355 e. The molecule has 1 heterocycles. The number of rotatable bonds is 9. The molecule has 1 aromatic heterocycles. The minimum atomic E-state index is 0.0251. The van der Waals surface area contributed by atoms with Crippen LogP contribution in [-0.4, -0.2) is 28.9 Å². The molecule has 1 amide bonds. The lowest BCUT2D eigenvalue weighted by Crippen LogP contribution is -2.33. The summed E-state index contributed by atoms with van der Waals surface area (Å²) in [4.78, 5) is 18.1. The number of amides is 1. The highest BCUT2D eigenvalue weighted by Crippen LogP contribution is 2.26. The SMILES string of the molecule is CC.C\C=C/C=C\C(Cl)=C\c1[nH]c2ccccc2c1CC(=O)N(CCC)CCC#N. The molecule has 0 spiro atoms. The molecule has 0 bridgehead atoms. The number of halogens is 1. The summed E-state index contributed by atoms with van der Waals surface area (Å²) >= 11 is 6.36. The fourth-order valence-electron chi connectivity index (χ4n) is 3.06. The fourth-order valence-corrected chi connectivity index (χ4v) is 3.24. The number of allylic oxidation sites excluding steroid dienone is 5. The first kappa shape index (κ1) is 25.3. The summed E-state index contributed by atoms with van der Waals surface area (Å²) in [7, 11) is 0. The van der Waals surface area contributed by atoms with Gasteiger partial charge in [0.05, 0.1) is 18.9 Å². The van der Waals surface area contributed by atoms with Gasteiger partial charge >= 0.3 is 0 Å². The van der Waals surface area contributed by atoms with Gasteiger partial charge in [0.15, 0.2) is 0 Å². The van der Waals surface area contributed by atoms with Crippen molar-refractivity contribution in [2.45, 2.75) is 47.0 Å². The molecule has 1 N–H and O–H groups in total. The van der Waals surface area contributed by atoms with E-state index in [2.05, 4.69) is 11.1 Å². The number of aromatic nitrogens is 1. The van der Waals surface area contributed by atoms with Crippen molar-refractivity contribution in [3.05, 3.63) is 64.9 Å². The summed E-state index contributed by atoms with van der Waals surface area (Å²) in [5.74, 6) is 0.0251. The number of aromatic amines is 1. The molecular formula is C25H32ClN3O. The Balaban J connectivity index is 0.00000218. The van der Waals surface area contributed by atoms with Gasteiger partial charge < -0.3 is 9.88 Å².